The zero-order valence-corrected chi connectivity index (χ0v) is 16.0. The second-order valence-corrected chi connectivity index (χ2v) is 8.53. The Morgan fingerprint density at radius 3 is 2.19 bits per heavy atom. The third-order valence-electron chi connectivity index (χ3n) is 3.40. The fourth-order valence-corrected chi connectivity index (χ4v) is 3.70. The molecule has 0 N–H and O–H groups in total. The number of para-hydroxylation sites is 1. The Morgan fingerprint density at radius 2 is 1.63 bits per heavy atom. The molecule has 9 heteroatoms. The Hall–Kier alpha value is -2.94. The zero-order valence-electron chi connectivity index (χ0n) is 15.2. The van der Waals surface area contributed by atoms with Crippen LogP contribution in [0.2, 0.25) is 0 Å². The third kappa shape index (κ3) is 5.04. The van der Waals surface area contributed by atoms with E-state index in [1.165, 1.54) is 12.1 Å². The van der Waals surface area contributed by atoms with Crippen LogP contribution in [0.1, 0.15) is 26.3 Å². The number of benzene rings is 2. The van der Waals surface area contributed by atoms with Crippen molar-refractivity contribution in [2.45, 2.75) is 37.8 Å². The van der Waals surface area contributed by atoms with E-state index in [4.69, 9.17) is 4.74 Å². The minimum absolute atomic E-state index is 0.315. The first-order valence-corrected chi connectivity index (χ1v) is 9.49. The molecule has 0 aliphatic heterocycles. The highest BCUT2D eigenvalue weighted by Crippen LogP contribution is 2.28. The molecule has 0 saturated heterocycles. The van der Waals surface area contributed by atoms with Gasteiger partial charge in [-0.25, -0.2) is 13.2 Å². The standard InChI is InChI=1S/C18H20N2O6S/c1-18(2,3)26-17(21)19(13-14-9-5-4-6-10-14)27(24,25)16-12-8-7-11-15(16)20(22)23/h4-12H,13H2,1-3H3. The SMILES string of the molecule is CC(C)(C)OC(=O)N(Cc1ccccc1)S(=O)(=O)c1ccccc1[N+](=O)[O-]. The van der Waals surface area contributed by atoms with Gasteiger partial charge in [-0.15, -0.1) is 0 Å². The summed E-state index contributed by atoms with van der Waals surface area (Å²) in [6.07, 6.45) is -1.11. The molecule has 0 bridgehead atoms. The van der Waals surface area contributed by atoms with Crippen LogP contribution in [0.5, 0.6) is 0 Å². The number of nitro benzene ring substituents is 1. The second kappa shape index (κ2) is 7.75. The van der Waals surface area contributed by atoms with Crippen LogP contribution in [-0.4, -0.2) is 29.3 Å². The number of carbonyl (C=O) groups is 1. The lowest BCUT2D eigenvalue weighted by Crippen LogP contribution is -2.40. The normalized spacial score (nSPS) is 11.7. The zero-order chi connectivity index (χ0) is 20.2. The first-order chi connectivity index (χ1) is 12.5. The molecule has 2 rings (SSSR count). The molecule has 0 radical (unpaired) electrons. The van der Waals surface area contributed by atoms with Crippen molar-refractivity contribution in [1.29, 1.82) is 0 Å². The summed E-state index contributed by atoms with van der Waals surface area (Å²) in [6, 6.07) is 13.3. The molecule has 0 saturated carbocycles. The van der Waals surface area contributed by atoms with Gasteiger partial charge in [-0.3, -0.25) is 10.1 Å². The van der Waals surface area contributed by atoms with E-state index in [0.717, 1.165) is 12.1 Å². The highest BCUT2D eigenvalue weighted by Gasteiger charge is 2.37. The number of hydrogen-bond donors (Lipinski definition) is 0. The summed E-state index contributed by atoms with van der Waals surface area (Å²) >= 11 is 0. The van der Waals surface area contributed by atoms with Crippen LogP contribution in [0.25, 0.3) is 0 Å². The van der Waals surface area contributed by atoms with Gasteiger partial charge in [0.15, 0.2) is 4.90 Å². The Balaban J connectivity index is 2.55. The van der Waals surface area contributed by atoms with E-state index >= 15 is 0 Å². The lowest BCUT2D eigenvalue weighted by Gasteiger charge is -2.27. The maximum atomic E-state index is 13.1. The average Bonchev–Trinajstić information content (AvgIpc) is 2.58. The molecular weight excluding hydrogens is 372 g/mol. The maximum absolute atomic E-state index is 13.1. The molecule has 0 fully saturated rings. The van der Waals surface area contributed by atoms with Gasteiger partial charge in [-0.05, 0) is 32.4 Å². The maximum Gasteiger partial charge on any atom is 0.424 e. The van der Waals surface area contributed by atoms with Crippen molar-refractivity contribution < 1.29 is 22.9 Å². The lowest BCUT2D eigenvalue weighted by molar-refractivity contribution is -0.387. The van der Waals surface area contributed by atoms with E-state index in [-0.39, 0.29) is 6.54 Å². The summed E-state index contributed by atoms with van der Waals surface area (Å²) in [5, 5.41) is 11.3. The largest absolute Gasteiger partial charge is 0.443 e. The van der Waals surface area contributed by atoms with E-state index in [9.17, 15) is 23.3 Å². The first-order valence-electron chi connectivity index (χ1n) is 8.05. The number of sulfonamides is 1. The monoisotopic (exact) mass is 392 g/mol. The Bertz CT molecular complexity index is 936. The Labute approximate surface area is 157 Å². The van der Waals surface area contributed by atoms with Crippen LogP contribution in [-0.2, 0) is 21.3 Å². The van der Waals surface area contributed by atoms with Crippen molar-refractivity contribution in [3.05, 3.63) is 70.3 Å². The molecule has 1 amide bonds. The number of rotatable bonds is 5. The fraction of sp³-hybridized carbons (Fsp3) is 0.278. The molecule has 0 aliphatic carbocycles. The average molecular weight is 392 g/mol. The van der Waals surface area contributed by atoms with Gasteiger partial charge >= 0.3 is 6.09 Å². The molecule has 0 unspecified atom stereocenters. The molecular formula is C18H20N2O6S. The summed E-state index contributed by atoms with van der Waals surface area (Å²) in [4.78, 5) is 22.5. The summed E-state index contributed by atoms with van der Waals surface area (Å²) in [5.41, 5.74) is -1.02. The van der Waals surface area contributed by atoms with Gasteiger partial charge in [-0.1, -0.05) is 42.5 Å². The molecule has 0 atom stereocenters. The highest BCUT2D eigenvalue weighted by atomic mass is 32.2. The second-order valence-electron chi connectivity index (χ2n) is 6.70. The van der Waals surface area contributed by atoms with Gasteiger partial charge in [0, 0.05) is 6.07 Å². The van der Waals surface area contributed by atoms with Gasteiger partial charge in [-0.2, -0.15) is 4.31 Å². The highest BCUT2D eigenvalue weighted by molar-refractivity contribution is 7.89. The Morgan fingerprint density at radius 1 is 1.07 bits per heavy atom. The number of carbonyl (C=O) groups excluding carboxylic acids is 1. The number of nitrogens with zero attached hydrogens (tertiary/aromatic N) is 2. The topological polar surface area (TPSA) is 107 Å². The first kappa shape index (κ1) is 20.4. The van der Waals surface area contributed by atoms with Crippen LogP contribution in [0, 0.1) is 10.1 Å². The quantitative estimate of drug-likeness (QED) is 0.567. The van der Waals surface area contributed by atoms with Gasteiger partial charge in [0.25, 0.3) is 15.7 Å². The fourth-order valence-electron chi connectivity index (χ4n) is 2.25. The van der Waals surface area contributed by atoms with Crippen LogP contribution < -0.4 is 0 Å². The smallest absolute Gasteiger partial charge is 0.424 e. The van der Waals surface area contributed by atoms with Crippen molar-refractivity contribution in [2.24, 2.45) is 0 Å². The number of hydrogen-bond acceptors (Lipinski definition) is 6. The van der Waals surface area contributed by atoms with Crippen LogP contribution in [0.15, 0.2) is 59.5 Å². The summed E-state index contributed by atoms with van der Waals surface area (Å²) in [6.45, 7) is 4.49. The molecule has 0 heterocycles. The van der Waals surface area contributed by atoms with Gasteiger partial charge in [0.1, 0.15) is 5.60 Å². The third-order valence-corrected chi connectivity index (χ3v) is 5.16. The minimum atomic E-state index is -4.53. The van der Waals surface area contributed by atoms with Crippen molar-refractivity contribution in [3.63, 3.8) is 0 Å². The molecule has 0 aromatic heterocycles. The molecule has 144 valence electrons. The van der Waals surface area contributed by atoms with Crippen molar-refractivity contribution >= 4 is 21.8 Å². The molecule has 2 aromatic rings. The molecule has 27 heavy (non-hydrogen) atoms. The molecule has 2 aromatic carbocycles. The molecule has 0 aliphatic rings. The van der Waals surface area contributed by atoms with Gasteiger partial charge < -0.3 is 4.74 Å². The number of nitro groups is 1. The van der Waals surface area contributed by atoms with Gasteiger partial charge in [0.05, 0.1) is 11.5 Å². The van der Waals surface area contributed by atoms with Crippen LogP contribution in [0.3, 0.4) is 0 Å². The number of ether oxygens (including phenoxy) is 1. The van der Waals surface area contributed by atoms with Crippen molar-refractivity contribution in [2.75, 3.05) is 0 Å². The van der Waals surface area contributed by atoms with Gasteiger partial charge in [0.2, 0.25) is 0 Å². The summed E-state index contributed by atoms with van der Waals surface area (Å²) in [5.74, 6) is 0. The summed E-state index contributed by atoms with van der Waals surface area (Å²) < 4.78 is 31.9. The number of amides is 1. The van der Waals surface area contributed by atoms with E-state index < -0.39 is 37.2 Å². The van der Waals surface area contributed by atoms with E-state index in [1.54, 1.807) is 51.1 Å². The van der Waals surface area contributed by atoms with E-state index in [2.05, 4.69) is 0 Å². The van der Waals surface area contributed by atoms with E-state index in [1.807, 2.05) is 0 Å². The predicted molar refractivity (Wildman–Crippen MR) is 98.5 cm³/mol. The summed E-state index contributed by atoms with van der Waals surface area (Å²) in [7, 11) is -4.53. The van der Waals surface area contributed by atoms with Crippen molar-refractivity contribution in [1.82, 2.24) is 4.31 Å². The van der Waals surface area contributed by atoms with E-state index in [0.29, 0.717) is 9.87 Å². The molecule has 0 spiro atoms. The van der Waals surface area contributed by atoms with Crippen LogP contribution in [0.4, 0.5) is 10.5 Å². The Kier molecular flexibility index (Phi) is 5.85. The lowest BCUT2D eigenvalue weighted by atomic mass is 10.2. The predicted octanol–water partition coefficient (Wildman–Crippen LogP) is 3.72. The van der Waals surface area contributed by atoms with Crippen molar-refractivity contribution in [3.8, 4) is 0 Å². The molecule has 8 nitrogen and oxygen atoms in total. The minimum Gasteiger partial charge on any atom is -0.443 e. The van der Waals surface area contributed by atoms with Crippen LogP contribution >= 0.6 is 0 Å².